The van der Waals surface area contributed by atoms with E-state index in [2.05, 4.69) is 64.1 Å². The van der Waals surface area contributed by atoms with Crippen LogP contribution in [0.1, 0.15) is 19.3 Å². The van der Waals surface area contributed by atoms with Crippen molar-refractivity contribution in [3.8, 4) is 0 Å². The van der Waals surface area contributed by atoms with Crippen LogP contribution in [-0.2, 0) is 4.79 Å². The Balaban J connectivity index is 0.00000210. The molecule has 4 nitrogen and oxygen atoms in total. The van der Waals surface area contributed by atoms with Crippen molar-refractivity contribution in [2.75, 3.05) is 31.1 Å². The Morgan fingerprint density at radius 3 is 2.41 bits per heavy atom. The molecular weight excluding hydrogens is 378 g/mol. The Labute approximate surface area is 171 Å². The van der Waals surface area contributed by atoms with Gasteiger partial charge in [0, 0.05) is 29.4 Å². The number of anilines is 2. The Morgan fingerprint density at radius 1 is 1.11 bits per heavy atom. The molecular formula is C21H26ClN3OS. The highest BCUT2D eigenvalue weighted by Crippen LogP contribution is 2.47. The molecule has 1 fully saturated rings. The van der Waals surface area contributed by atoms with Crippen LogP contribution >= 0.6 is 24.2 Å². The normalized spacial score (nSPS) is 18.1. The molecule has 0 spiro atoms. The topological polar surface area (TPSA) is 44.4 Å². The first kappa shape index (κ1) is 20.1. The van der Waals surface area contributed by atoms with Gasteiger partial charge in [-0.25, -0.2) is 0 Å². The highest BCUT2D eigenvalue weighted by molar-refractivity contribution is 7.99. The maximum Gasteiger partial charge on any atom is 0.224 e. The number of hydrogen-bond acceptors (Lipinski definition) is 4. The molecule has 1 atom stereocenters. The van der Waals surface area contributed by atoms with Crippen LogP contribution in [0.5, 0.6) is 0 Å². The molecule has 0 bridgehead atoms. The fraction of sp³-hybridized carbons (Fsp3) is 0.381. The smallest absolute Gasteiger partial charge is 0.224 e. The van der Waals surface area contributed by atoms with Gasteiger partial charge in [-0.05, 0) is 50.1 Å². The van der Waals surface area contributed by atoms with Crippen molar-refractivity contribution in [3.05, 3.63) is 48.5 Å². The molecule has 2 N–H and O–H groups in total. The maximum atomic E-state index is 12.3. The lowest BCUT2D eigenvalue weighted by Gasteiger charge is -2.32. The van der Waals surface area contributed by atoms with E-state index in [1.807, 2.05) is 11.8 Å². The minimum Gasteiger partial charge on any atom is -0.356 e. The van der Waals surface area contributed by atoms with Crippen LogP contribution in [0.25, 0.3) is 0 Å². The van der Waals surface area contributed by atoms with E-state index < -0.39 is 0 Å². The lowest BCUT2D eigenvalue weighted by molar-refractivity contribution is -0.125. The molecule has 1 unspecified atom stereocenters. The molecule has 6 heteroatoms. The zero-order chi connectivity index (χ0) is 17.8. The summed E-state index contributed by atoms with van der Waals surface area (Å²) in [6.45, 7) is 3.48. The summed E-state index contributed by atoms with van der Waals surface area (Å²) in [5, 5.41) is 6.44. The summed E-state index contributed by atoms with van der Waals surface area (Å²) < 4.78 is 0. The molecule has 0 saturated carbocycles. The van der Waals surface area contributed by atoms with Crippen LogP contribution in [0.3, 0.4) is 0 Å². The van der Waals surface area contributed by atoms with Crippen molar-refractivity contribution in [3.63, 3.8) is 0 Å². The molecule has 27 heavy (non-hydrogen) atoms. The molecule has 1 saturated heterocycles. The second kappa shape index (κ2) is 9.49. The molecule has 2 heterocycles. The third kappa shape index (κ3) is 4.60. The van der Waals surface area contributed by atoms with Crippen molar-refractivity contribution in [2.45, 2.75) is 29.1 Å². The van der Waals surface area contributed by atoms with Crippen molar-refractivity contribution >= 4 is 41.5 Å². The number of carbonyl (C=O) groups is 1. The number of benzene rings is 2. The molecule has 2 aromatic rings. The molecule has 2 aliphatic rings. The number of piperidine rings is 1. The van der Waals surface area contributed by atoms with Gasteiger partial charge in [0.25, 0.3) is 0 Å². The second-order valence-corrected chi connectivity index (χ2v) is 7.96. The van der Waals surface area contributed by atoms with Gasteiger partial charge < -0.3 is 15.5 Å². The van der Waals surface area contributed by atoms with E-state index in [1.54, 1.807) is 0 Å². The molecule has 0 aromatic heterocycles. The Kier molecular flexibility index (Phi) is 7.05. The predicted molar refractivity (Wildman–Crippen MR) is 114 cm³/mol. The number of para-hydroxylation sites is 2. The van der Waals surface area contributed by atoms with E-state index in [9.17, 15) is 4.79 Å². The summed E-state index contributed by atoms with van der Waals surface area (Å²) in [7, 11) is 0. The van der Waals surface area contributed by atoms with Gasteiger partial charge in [0.1, 0.15) is 0 Å². The third-order valence-electron chi connectivity index (χ3n) is 5.06. The lowest BCUT2D eigenvalue weighted by atomic mass is 9.99. The summed E-state index contributed by atoms with van der Waals surface area (Å²) in [6, 6.07) is 17.1. The average Bonchev–Trinajstić information content (AvgIpc) is 2.71. The Hall–Kier alpha value is -1.69. The molecule has 2 aromatic carbocycles. The summed E-state index contributed by atoms with van der Waals surface area (Å²) in [5.74, 6) is 0.337. The fourth-order valence-corrected chi connectivity index (χ4v) is 4.79. The highest BCUT2D eigenvalue weighted by atomic mass is 35.5. The van der Waals surface area contributed by atoms with Crippen LogP contribution in [-0.4, -0.2) is 32.1 Å². The van der Waals surface area contributed by atoms with Gasteiger partial charge in [-0.1, -0.05) is 36.0 Å². The van der Waals surface area contributed by atoms with Crippen LogP contribution in [0, 0.1) is 5.92 Å². The Bertz CT molecular complexity index is 734. The third-order valence-corrected chi connectivity index (χ3v) is 6.19. The predicted octanol–water partition coefficient (Wildman–Crippen LogP) is 4.22. The minimum atomic E-state index is 0. The van der Waals surface area contributed by atoms with E-state index >= 15 is 0 Å². The SMILES string of the molecule is Cl.O=C(NCCCN1c2ccccc2Sc2ccccc21)C1CCCNC1. The van der Waals surface area contributed by atoms with E-state index in [0.717, 1.165) is 45.4 Å². The zero-order valence-electron chi connectivity index (χ0n) is 15.3. The van der Waals surface area contributed by atoms with Crippen LogP contribution < -0.4 is 15.5 Å². The first-order valence-electron chi connectivity index (χ1n) is 9.45. The van der Waals surface area contributed by atoms with E-state index in [-0.39, 0.29) is 24.2 Å². The second-order valence-electron chi connectivity index (χ2n) is 6.88. The van der Waals surface area contributed by atoms with Gasteiger partial charge in [-0.15, -0.1) is 12.4 Å². The van der Waals surface area contributed by atoms with Gasteiger partial charge in [-0.3, -0.25) is 4.79 Å². The van der Waals surface area contributed by atoms with E-state index in [0.29, 0.717) is 0 Å². The first-order valence-corrected chi connectivity index (χ1v) is 10.3. The van der Waals surface area contributed by atoms with Gasteiger partial charge in [0.05, 0.1) is 17.3 Å². The molecule has 4 rings (SSSR count). The van der Waals surface area contributed by atoms with Crippen molar-refractivity contribution in [2.24, 2.45) is 5.92 Å². The van der Waals surface area contributed by atoms with Crippen LogP contribution in [0.4, 0.5) is 11.4 Å². The standard InChI is InChI=1S/C21H25N3OS.ClH/c25-21(16-7-5-12-22-15-16)23-13-6-14-24-17-8-1-3-10-19(17)26-20-11-4-2-9-18(20)24;/h1-4,8-11,16,22H,5-7,12-15H2,(H,23,25);1H. The molecule has 0 aliphatic carbocycles. The summed E-state index contributed by atoms with van der Waals surface area (Å²) in [4.78, 5) is 17.3. The fourth-order valence-electron chi connectivity index (χ4n) is 3.69. The zero-order valence-corrected chi connectivity index (χ0v) is 17.0. The van der Waals surface area contributed by atoms with Gasteiger partial charge in [0.15, 0.2) is 0 Å². The minimum absolute atomic E-state index is 0. The Morgan fingerprint density at radius 2 is 1.78 bits per heavy atom. The summed E-state index contributed by atoms with van der Waals surface area (Å²) in [6.07, 6.45) is 3.03. The molecule has 1 amide bonds. The monoisotopic (exact) mass is 403 g/mol. The number of hydrogen-bond donors (Lipinski definition) is 2. The average molecular weight is 404 g/mol. The molecule has 2 aliphatic heterocycles. The molecule has 0 radical (unpaired) electrons. The van der Waals surface area contributed by atoms with Crippen molar-refractivity contribution in [1.82, 2.24) is 10.6 Å². The number of rotatable bonds is 5. The van der Waals surface area contributed by atoms with Gasteiger partial charge in [0.2, 0.25) is 5.91 Å². The number of carbonyl (C=O) groups excluding carboxylic acids is 1. The lowest BCUT2D eigenvalue weighted by Crippen LogP contribution is -2.41. The highest BCUT2D eigenvalue weighted by Gasteiger charge is 2.23. The quantitative estimate of drug-likeness (QED) is 0.734. The number of amides is 1. The number of fused-ring (bicyclic) bond motifs is 2. The van der Waals surface area contributed by atoms with Gasteiger partial charge in [-0.2, -0.15) is 0 Å². The largest absolute Gasteiger partial charge is 0.356 e. The number of nitrogens with one attached hydrogen (secondary N) is 2. The molecule has 144 valence electrons. The van der Waals surface area contributed by atoms with Crippen LogP contribution in [0.2, 0.25) is 0 Å². The number of nitrogens with zero attached hydrogens (tertiary/aromatic N) is 1. The van der Waals surface area contributed by atoms with E-state index in [4.69, 9.17) is 0 Å². The van der Waals surface area contributed by atoms with Crippen LogP contribution in [0.15, 0.2) is 58.3 Å². The first-order chi connectivity index (χ1) is 12.8. The van der Waals surface area contributed by atoms with Crippen molar-refractivity contribution in [1.29, 1.82) is 0 Å². The summed E-state index contributed by atoms with van der Waals surface area (Å²) >= 11 is 1.83. The van der Waals surface area contributed by atoms with Crippen molar-refractivity contribution < 1.29 is 4.79 Å². The maximum absolute atomic E-state index is 12.3. The van der Waals surface area contributed by atoms with E-state index in [1.165, 1.54) is 21.2 Å². The summed E-state index contributed by atoms with van der Waals surface area (Å²) in [5.41, 5.74) is 2.53. The van der Waals surface area contributed by atoms with Gasteiger partial charge >= 0.3 is 0 Å². The number of halogens is 1.